The van der Waals surface area contributed by atoms with Gasteiger partial charge < -0.3 is 0 Å². The largest absolute Gasteiger partial charge is 0.240 e. The number of benzene rings is 2. The number of nitrogens with zero attached hydrogens (tertiary/aromatic N) is 2. The minimum Gasteiger partial charge on any atom is -0.240 e. The molecule has 1 heterocycles. The monoisotopic (exact) mass is 264 g/mol. The molecular weight excluding hydrogens is 252 g/mol. The van der Waals surface area contributed by atoms with Gasteiger partial charge in [0.2, 0.25) is 0 Å². The van der Waals surface area contributed by atoms with Gasteiger partial charge in [0.1, 0.15) is 5.01 Å². The molecule has 0 spiro atoms. The molecule has 3 heteroatoms. The molecule has 92 valence electrons. The van der Waals surface area contributed by atoms with E-state index in [2.05, 4.69) is 42.2 Å². The molecule has 0 unspecified atom stereocenters. The van der Waals surface area contributed by atoms with Gasteiger partial charge in [0.05, 0.1) is 18.2 Å². The van der Waals surface area contributed by atoms with Crippen LogP contribution in [0.1, 0.15) is 10.6 Å². The zero-order valence-electron chi connectivity index (χ0n) is 10.6. The molecule has 2 aromatic carbocycles. The van der Waals surface area contributed by atoms with E-state index < -0.39 is 0 Å². The van der Waals surface area contributed by atoms with Gasteiger partial charge >= 0.3 is 0 Å². The van der Waals surface area contributed by atoms with Gasteiger partial charge in [0.15, 0.2) is 0 Å². The third kappa shape index (κ3) is 2.11. The van der Waals surface area contributed by atoms with Crippen molar-refractivity contribution in [3.05, 3.63) is 52.3 Å². The number of aromatic nitrogens is 1. The van der Waals surface area contributed by atoms with Crippen molar-refractivity contribution in [2.24, 2.45) is 0 Å². The zero-order valence-corrected chi connectivity index (χ0v) is 11.4. The summed E-state index contributed by atoms with van der Waals surface area (Å²) in [4.78, 5) is 4.58. The average Bonchev–Trinajstić information content (AvgIpc) is 2.87. The van der Waals surface area contributed by atoms with Crippen molar-refractivity contribution in [2.75, 3.05) is 0 Å². The van der Waals surface area contributed by atoms with E-state index in [9.17, 15) is 0 Å². The second kappa shape index (κ2) is 4.83. The minimum atomic E-state index is 0.383. The maximum absolute atomic E-state index is 8.74. The van der Waals surface area contributed by atoms with Crippen LogP contribution < -0.4 is 0 Å². The Bertz CT molecular complexity index is 781. The van der Waals surface area contributed by atoms with Gasteiger partial charge in [-0.25, -0.2) is 4.98 Å². The highest BCUT2D eigenvalue weighted by Crippen LogP contribution is 2.32. The fourth-order valence-corrected chi connectivity index (χ4v) is 3.01. The van der Waals surface area contributed by atoms with Crippen molar-refractivity contribution in [3.8, 4) is 17.3 Å². The molecule has 0 fully saturated rings. The van der Waals surface area contributed by atoms with E-state index in [4.69, 9.17) is 5.26 Å². The Morgan fingerprint density at radius 3 is 2.89 bits per heavy atom. The van der Waals surface area contributed by atoms with Crippen molar-refractivity contribution in [1.82, 2.24) is 4.98 Å². The molecule has 0 radical (unpaired) electrons. The average molecular weight is 264 g/mol. The van der Waals surface area contributed by atoms with E-state index in [0.717, 1.165) is 10.7 Å². The highest BCUT2D eigenvalue weighted by Gasteiger charge is 2.10. The predicted octanol–water partition coefficient (Wildman–Crippen LogP) is 4.34. The fraction of sp³-hybridized carbons (Fsp3) is 0.125. The van der Waals surface area contributed by atoms with Crippen LogP contribution in [0, 0.1) is 18.3 Å². The molecule has 2 nitrogen and oxygen atoms in total. The summed E-state index contributed by atoms with van der Waals surface area (Å²) in [6.45, 7) is 2.10. The lowest BCUT2D eigenvalue weighted by Gasteiger charge is -2.07. The number of aryl methyl sites for hydroxylation is 1. The lowest BCUT2D eigenvalue weighted by Crippen LogP contribution is -1.87. The standard InChI is InChI=1S/C16H12N2S/c1-11-6-7-12-4-2-3-5-13(12)16(11)14-10-19-15(18-14)8-9-17/h2-7,10H,8H2,1H3. The Kier molecular flexibility index (Phi) is 3.02. The fourth-order valence-electron chi connectivity index (χ4n) is 2.30. The Hall–Kier alpha value is -2.18. The topological polar surface area (TPSA) is 36.7 Å². The van der Waals surface area contributed by atoms with Crippen molar-refractivity contribution in [2.45, 2.75) is 13.3 Å². The smallest absolute Gasteiger partial charge is 0.107 e. The van der Waals surface area contributed by atoms with Crippen molar-refractivity contribution < 1.29 is 0 Å². The van der Waals surface area contributed by atoms with Gasteiger partial charge in [-0.3, -0.25) is 0 Å². The van der Waals surface area contributed by atoms with E-state index in [1.54, 1.807) is 11.3 Å². The molecule has 0 aliphatic rings. The number of hydrogen-bond acceptors (Lipinski definition) is 3. The summed E-state index contributed by atoms with van der Waals surface area (Å²) in [5.74, 6) is 0. The van der Waals surface area contributed by atoms with E-state index in [1.807, 2.05) is 17.5 Å². The predicted molar refractivity (Wildman–Crippen MR) is 79.1 cm³/mol. The van der Waals surface area contributed by atoms with Crippen LogP contribution in [0.25, 0.3) is 22.0 Å². The molecule has 0 aliphatic carbocycles. The van der Waals surface area contributed by atoms with E-state index in [-0.39, 0.29) is 0 Å². The van der Waals surface area contributed by atoms with Crippen LogP contribution in [-0.4, -0.2) is 4.98 Å². The van der Waals surface area contributed by atoms with Gasteiger partial charge in [0, 0.05) is 10.9 Å². The third-order valence-corrected chi connectivity index (χ3v) is 4.02. The molecule has 0 saturated carbocycles. The zero-order chi connectivity index (χ0) is 13.2. The Morgan fingerprint density at radius 1 is 1.21 bits per heavy atom. The van der Waals surface area contributed by atoms with Gasteiger partial charge in [0.25, 0.3) is 0 Å². The molecule has 0 aliphatic heterocycles. The molecule has 3 rings (SSSR count). The first-order chi connectivity index (χ1) is 9.29. The summed E-state index contributed by atoms with van der Waals surface area (Å²) in [6, 6.07) is 14.7. The van der Waals surface area contributed by atoms with Gasteiger partial charge in [-0.05, 0) is 23.3 Å². The molecule has 0 N–H and O–H groups in total. The van der Waals surface area contributed by atoms with Crippen molar-refractivity contribution >= 4 is 22.1 Å². The minimum absolute atomic E-state index is 0.383. The lowest BCUT2D eigenvalue weighted by atomic mass is 9.98. The van der Waals surface area contributed by atoms with Crippen LogP contribution in [-0.2, 0) is 6.42 Å². The molecule has 1 aromatic heterocycles. The summed E-state index contributed by atoms with van der Waals surface area (Å²) in [6.07, 6.45) is 0.383. The maximum atomic E-state index is 8.74. The first-order valence-electron chi connectivity index (χ1n) is 6.09. The van der Waals surface area contributed by atoms with Gasteiger partial charge in [-0.1, -0.05) is 36.4 Å². The normalized spacial score (nSPS) is 10.5. The SMILES string of the molecule is Cc1ccc2ccccc2c1-c1csc(CC#N)n1. The van der Waals surface area contributed by atoms with E-state index in [0.29, 0.717) is 6.42 Å². The summed E-state index contributed by atoms with van der Waals surface area (Å²) < 4.78 is 0. The molecular formula is C16H12N2S. The van der Waals surface area contributed by atoms with Crippen LogP contribution in [0.15, 0.2) is 41.8 Å². The number of rotatable bonds is 2. The highest BCUT2D eigenvalue weighted by atomic mass is 32.1. The van der Waals surface area contributed by atoms with E-state index >= 15 is 0 Å². The van der Waals surface area contributed by atoms with Crippen LogP contribution in [0.4, 0.5) is 0 Å². The van der Waals surface area contributed by atoms with Gasteiger partial charge in [-0.2, -0.15) is 5.26 Å². The summed E-state index contributed by atoms with van der Waals surface area (Å²) >= 11 is 1.55. The van der Waals surface area contributed by atoms with Crippen LogP contribution in [0.5, 0.6) is 0 Å². The van der Waals surface area contributed by atoms with Crippen LogP contribution in [0.2, 0.25) is 0 Å². The lowest BCUT2D eigenvalue weighted by molar-refractivity contribution is 1.19. The van der Waals surface area contributed by atoms with E-state index in [1.165, 1.54) is 21.9 Å². The third-order valence-electron chi connectivity index (χ3n) is 3.18. The van der Waals surface area contributed by atoms with Crippen LogP contribution >= 0.6 is 11.3 Å². The Balaban J connectivity index is 2.23. The van der Waals surface area contributed by atoms with Gasteiger partial charge in [-0.15, -0.1) is 11.3 Å². The van der Waals surface area contributed by atoms with Crippen molar-refractivity contribution in [3.63, 3.8) is 0 Å². The molecule has 0 atom stereocenters. The summed E-state index contributed by atoms with van der Waals surface area (Å²) in [5.41, 5.74) is 3.37. The molecule has 19 heavy (non-hydrogen) atoms. The highest BCUT2D eigenvalue weighted by molar-refractivity contribution is 7.10. The second-order valence-corrected chi connectivity index (χ2v) is 5.38. The molecule has 0 amide bonds. The number of thiazole rings is 1. The first kappa shape index (κ1) is 11.9. The molecule has 0 bridgehead atoms. The molecule has 3 aromatic rings. The number of nitriles is 1. The quantitative estimate of drug-likeness (QED) is 0.690. The first-order valence-corrected chi connectivity index (χ1v) is 6.97. The Labute approximate surface area is 116 Å². The van der Waals surface area contributed by atoms with Crippen molar-refractivity contribution in [1.29, 1.82) is 5.26 Å². The Morgan fingerprint density at radius 2 is 2.05 bits per heavy atom. The number of hydrogen-bond donors (Lipinski definition) is 0. The summed E-state index contributed by atoms with van der Waals surface area (Å²) in [5, 5.41) is 14.1. The summed E-state index contributed by atoms with van der Waals surface area (Å²) in [7, 11) is 0. The second-order valence-electron chi connectivity index (χ2n) is 4.44. The van der Waals surface area contributed by atoms with Crippen LogP contribution in [0.3, 0.4) is 0 Å². The molecule has 0 saturated heterocycles. The maximum Gasteiger partial charge on any atom is 0.107 e. The number of fused-ring (bicyclic) bond motifs is 1.